The Morgan fingerprint density at radius 3 is 2.32 bits per heavy atom. The number of rotatable bonds is 7. The van der Waals surface area contributed by atoms with Gasteiger partial charge in [-0.2, -0.15) is 0 Å². The number of carbonyl (C=O) groups is 3. The van der Waals surface area contributed by atoms with Gasteiger partial charge >= 0.3 is 18.0 Å². The molecule has 0 fully saturated rings. The molecule has 8 nitrogen and oxygen atoms in total. The molecule has 0 spiro atoms. The van der Waals surface area contributed by atoms with Gasteiger partial charge in [0.15, 0.2) is 0 Å². The molecule has 0 aliphatic carbocycles. The van der Waals surface area contributed by atoms with Crippen LogP contribution in [-0.2, 0) is 14.3 Å². The van der Waals surface area contributed by atoms with Gasteiger partial charge in [-0.15, -0.1) is 0 Å². The molecule has 1 unspecified atom stereocenters. The predicted molar refractivity (Wildman–Crippen MR) is 112 cm³/mol. The maximum absolute atomic E-state index is 12.9. The molecule has 0 saturated carbocycles. The van der Waals surface area contributed by atoms with Gasteiger partial charge in [0.2, 0.25) is 0 Å². The van der Waals surface area contributed by atoms with Crippen LogP contribution in [0, 0.1) is 0 Å². The van der Waals surface area contributed by atoms with Gasteiger partial charge in [-0.1, -0.05) is 30.3 Å². The van der Waals surface area contributed by atoms with E-state index in [9.17, 15) is 14.4 Å². The van der Waals surface area contributed by atoms with Crippen molar-refractivity contribution in [1.29, 1.82) is 0 Å². The molecule has 31 heavy (non-hydrogen) atoms. The van der Waals surface area contributed by atoms with Crippen molar-refractivity contribution in [2.75, 3.05) is 27.4 Å². The van der Waals surface area contributed by atoms with Crippen molar-refractivity contribution >= 4 is 18.0 Å². The van der Waals surface area contributed by atoms with Crippen LogP contribution in [0.1, 0.15) is 28.9 Å². The van der Waals surface area contributed by atoms with E-state index in [0.29, 0.717) is 28.1 Å². The molecule has 2 amide bonds. The molecule has 2 aromatic rings. The monoisotopic (exact) mass is 424 g/mol. The van der Waals surface area contributed by atoms with Crippen LogP contribution >= 0.6 is 0 Å². The van der Waals surface area contributed by atoms with Crippen molar-refractivity contribution < 1.29 is 28.6 Å². The Balaban J connectivity index is 1.74. The van der Waals surface area contributed by atoms with E-state index in [1.807, 2.05) is 30.3 Å². The zero-order valence-electron chi connectivity index (χ0n) is 17.6. The average Bonchev–Trinajstić information content (AvgIpc) is 2.80. The van der Waals surface area contributed by atoms with Crippen LogP contribution in [-0.4, -0.2) is 50.2 Å². The maximum Gasteiger partial charge on any atom is 0.338 e. The SMILES string of the molecule is COC(=O)c1ccc(C2NC(=O)N(C)C(C)=C2C(=O)OCCOc2ccccc2)cc1. The van der Waals surface area contributed by atoms with Crippen molar-refractivity contribution in [3.8, 4) is 5.75 Å². The molecular formula is C23H24N2O6. The minimum absolute atomic E-state index is 0.0518. The van der Waals surface area contributed by atoms with Gasteiger partial charge in [0.25, 0.3) is 0 Å². The second-order valence-electron chi connectivity index (χ2n) is 6.85. The van der Waals surface area contributed by atoms with E-state index >= 15 is 0 Å². The molecule has 1 atom stereocenters. The van der Waals surface area contributed by atoms with Crippen molar-refractivity contribution in [1.82, 2.24) is 10.2 Å². The predicted octanol–water partition coefficient (Wildman–Crippen LogP) is 3.07. The van der Waals surface area contributed by atoms with Crippen molar-refractivity contribution in [3.05, 3.63) is 77.0 Å². The molecule has 1 heterocycles. The van der Waals surface area contributed by atoms with Crippen molar-refractivity contribution in [2.24, 2.45) is 0 Å². The third-order valence-electron chi connectivity index (χ3n) is 4.97. The van der Waals surface area contributed by atoms with Crippen LogP contribution in [0.25, 0.3) is 0 Å². The zero-order valence-corrected chi connectivity index (χ0v) is 17.6. The molecule has 3 rings (SSSR count). The average molecular weight is 424 g/mol. The molecule has 0 radical (unpaired) electrons. The highest BCUT2D eigenvalue weighted by atomic mass is 16.6. The number of ether oxygens (including phenoxy) is 3. The molecule has 1 aliphatic heterocycles. The second-order valence-corrected chi connectivity index (χ2v) is 6.85. The first-order valence-corrected chi connectivity index (χ1v) is 9.70. The summed E-state index contributed by atoms with van der Waals surface area (Å²) in [6.45, 7) is 1.94. The molecule has 8 heteroatoms. The van der Waals surface area contributed by atoms with Gasteiger partial charge in [-0.25, -0.2) is 14.4 Å². The largest absolute Gasteiger partial charge is 0.490 e. The van der Waals surface area contributed by atoms with E-state index < -0.39 is 18.0 Å². The normalized spacial score (nSPS) is 15.9. The van der Waals surface area contributed by atoms with E-state index in [1.165, 1.54) is 12.0 Å². The van der Waals surface area contributed by atoms with E-state index in [1.54, 1.807) is 38.2 Å². The van der Waals surface area contributed by atoms with Crippen LogP contribution in [0.2, 0.25) is 0 Å². The van der Waals surface area contributed by atoms with Gasteiger partial charge < -0.3 is 24.4 Å². The fourth-order valence-electron chi connectivity index (χ4n) is 3.17. The lowest BCUT2D eigenvalue weighted by molar-refractivity contribution is -0.140. The van der Waals surface area contributed by atoms with Gasteiger partial charge in [0, 0.05) is 12.7 Å². The third-order valence-corrected chi connectivity index (χ3v) is 4.97. The van der Waals surface area contributed by atoms with E-state index in [-0.39, 0.29) is 19.2 Å². The number of benzene rings is 2. The number of nitrogens with zero attached hydrogens (tertiary/aromatic N) is 1. The number of urea groups is 1. The molecule has 0 bridgehead atoms. The number of esters is 2. The van der Waals surface area contributed by atoms with E-state index in [4.69, 9.17) is 14.2 Å². The number of nitrogens with one attached hydrogen (secondary N) is 1. The van der Waals surface area contributed by atoms with Crippen LogP contribution in [0.5, 0.6) is 5.75 Å². The van der Waals surface area contributed by atoms with Crippen LogP contribution in [0.3, 0.4) is 0 Å². The zero-order chi connectivity index (χ0) is 22.4. The fraction of sp³-hybridized carbons (Fsp3) is 0.261. The standard InChI is InChI=1S/C23H24N2O6/c1-15-19(22(27)31-14-13-30-18-7-5-4-6-8-18)20(24-23(28)25(15)2)16-9-11-17(12-10-16)21(26)29-3/h4-12,20H,13-14H2,1-3H3,(H,24,28). The lowest BCUT2D eigenvalue weighted by Gasteiger charge is -2.33. The number of methoxy groups -OCH3 is 1. The molecular weight excluding hydrogens is 400 g/mol. The summed E-state index contributed by atoms with van der Waals surface area (Å²) in [4.78, 5) is 38.3. The molecule has 1 aliphatic rings. The molecule has 162 valence electrons. The number of allylic oxidation sites excluding steroid dienone is 1. The highest BCUT2D eigenvalue weighted by Gasteiger charge is 2.35. The fourth-order valence-corrected chi connectivity index (χ4v) is 3.17. The smallest absolute Gasteiger partial charge is 0.338 e. The summed E-state index contributed by atoms with van der Waals surface area (Å²) in [6, 6.07) is 14.7. The lowest BCUT2D eigenvalue weighted by Crippen LogP contribution is -2.46. The summed E-state index contributed by atoms with van der Waals surface area (Å²) in [5.74, 6) is -0.339. The van der Waals surface area contributed by atoms with Crippen molar-refractivity contribution in [3.63, 3.8) is 0 Å². The number of para-hydroxylation sites is 1. The van der Waals surface area contributed by atoms with Gasteiger partial charge in [0.05, 0.1) is 24.3 Å². The summed E-state index contributed by atoms with van der Waals surface area (Å²) in [7, 11) is 2.88. The first-order chi connectivity index (χ1) is 14.9. The van der Waals surface area contributed by atoms with Crippen molar-refractivity contribution in [2.45, 2.75) is 13.0 Å². The highest BCUT2D eigenvalue weighted by molar-refractivity contribution is 5.95. The van der Waals surface area contributed by atoms with Crippen LogP contribution < -0.4 is 10.1 Å². The summed E-state index contributed by atoms with van der Waals surface area (Å²) < 4.78 is 15.7. The highest BCUT2D eigenvalue weighted by Crippen LogP contribution is 2.30. The summed E-state index contributed by atoms with van der Waals surface area (Å²) in [6.07, 6.45) is 0. The number of hydrogen-bond acceptors (Lipinski definition) is 6. The van der Waals surface area contributed by atoms with E-state index in [0.717, 1.165) is 0 Å². The third kappa shape index (κ3) is 5.03. The van der Waals surface area contributed by atoms with E-state index in [2.05, 4.69) is 5.32 Å². The first-order valence-electron chi connectivity index (χ1n) is 9.70. The van der Waals surface area contributed by atoms with Gasteiger partial charge in [-0.3, -0.25) is 0 Å². The quantitative estimate of drug-likeness (QED) is 0.542. The topological polar surface area (TPSA) is 94.2 Å². The minimum atomic E-state index is -0.710. The Kier molecular flexibility index (Phi) is 6.92. The molecule has 1 N–H and O–H groups in total. The Bertz CT molecular complexity index is 985. The lowest BCUT2D eigenvalue weighted by atomic mass is 9.94. The Labute approximate surface area is 180 Å². The van der Waals surface area contributed by atoms with Gasteiger partial charge in [0.1, 0.15) is 19.0 Å². The first kappa shape index (κ1) is 21.9. The molecule has 2 aromatic carbocycles. The van der Waals surface area contributed by atoms with Crippen LogP contribution in [0.15, 0.2) is 65.9 Å². The Hall–Kier alpha value is -3.81. The molecule has 0 saturated heterocycles. The summed E-state index contributed by atoms with van der Waals surface area (Å²) in [5.41, 5.74) is 1.81. The summed E-state index contributed by atoms with van der Waals surface area (Å²) in [5, 5.41) is 2.80. The number of carbonyl (C=O) groups excluding carboxylic acids is 3. The summed E-state index contributed by atoms with van der Waals surface area (Å²) >= 11 is 0. The number of amides is 2. The Morgan fingerprint density at radius 2 is 1.68 bits per heavy atom. The maximum atomic E-state index is 12.9. The van der Waals surface area contributed by atoms with Gasteiger partial charge in [-0.05, 0) is 36.8 Å². The number of hydrogen-bond donors (Lipinski definition) is 1. The molecule has 0 aromatic heterocycles. The minimum Gasteiger partial charge on any atom is -0.490 e. The van der Waals surface area contributed by atoms with Crippen LogP contribution in [0.4, 0.5) is 4.79 Å². The Morgan fingerprint density at radius 1 is 1.00 bits per heavy atom. The second kappa shape index (κ2) is 9.80.